The van der Waals surface area contributed by atoms with Crippen LogP contribution in [0.4, 0.5) is 14.5 Å². The number of anilines is 1. The van der Waals surface area contributed by atoms with Gasteiger partial charge in [-0.05, 0) is 49.2 Å². The van der Waals surface area contributed by atoms with Gasteiger partial charge in [-0.1, -0.05) is 15.9 Å². The molecule has 0 aliphatic carbocycles. The largest absolute Gasteiger partial charge is 0.323 e. The summed E-state index contributed by atoms with van der Waals surface area (Å²) in [5.74, 6) is -2.72. The van der Waals surface area contributed by atoms with Gasteiger partial charge >= 0.3 is 0 Å². The standard InChI is InChI=1S/C18H17BrF2N2O3S/c19-13-3-6-15(7-4-13)27(25,26)23-9-1-2-12(11-23)18(24)22-17-8-5-14(20)10-16(17)21/h3-8,10,12H,1-2,9,11H2,(H,22,24). The summed E-state index contributed by atoms with van der Waals surface area (Å²) in [4.78, 5) is 12.6. The summed E-state index contributed by atoms with van der Waals surface area (Å²) in [5.41, 5.74) is -0.130. The monoisotopic (exact) mass is 458 g/mol. The molecule has 0 bridgehead atoms. The van der Waals surface area contributed by atoms with Crippen LogP contribution in [0.1, 0.15) is 12.8 Å². The van der Waals surface area contributed by atoms with Gasteiger partial charge < -0.3 is 5.32 Å². The van der Waals surface area contributed by atoms with Crippen molar-refractivity contribution in [3.63, 3.8) is 0 Å². The van der Waals surface area contributed by atoms with E-state index in [9.17, 15) is 22.0 Å². The van der Waals surface area contributed by atoms with E-state index < -0.39 is 33.5 Å². The molecule has 27 heavy (non-hydrogen) atoms. The van der Waals surface area contributed by atoms with Gasteiger partial charge in [-0.2, -0.15) is 4.31 Å². The highest BCUT2D eigenvalue weighted by Gasteiger charge is 2.33. The molecule has 0 spiro atoms. The topological polar surface area (TPSA) is 66.5 Å². The van der Waals surface area contributed by atoms with Gasteiger partial charge in [0.15, 0.2) is 0 Å². The Labute approximate surface area is 164 Å². The van der Waals surface area contributed by atoms with Crippen LogP contribution in [0.15, 0.2) is 51.8 Å². The second-order valence-electron chi connectivity index (χ2n) is 6.27. The lowest BCUT2D eigenvalue weighted by Gasteiger charge is -2.31. The van der Waals surface area contributed by atoms with E-state index in [0.717, 1.165) is 16.6 Å². The van der Waals surface area contributed by atoms with Crippen LogP contribution in [0, 0.1) is 17.6 Å². The third-order valence-corrected chi connectivity index (χ3v) is 6.80. The molecule has 3 rings (SSSR count). The van der Waals surface area contributed by atoms with Gasteiger partial charge in [0.1, 0.15) is 11.6 Å². The highest BCUT2D eigenvalue weighted by Crippen LogP contribution is 2.26. The lowest BCUT2D eigenvalue weighted by Crippen LogP contribution is -2.43. The van der Waals surface area contributed by atoms with E-state index >= 15 is 0 Å². The second kappa shape index (κ2) is 8.04. The fourth-order valence-corrected chi connectivity index (χ4v) is 4.74. The first-order valence-corrected chi connectivity index (χ1v) is 10.5. The van der Waals surface area contributed by atoms with Gasteiger partial charge in [0.05, 0.1) is 16.5 Å². The van der Waals surface area contributed by atoms with Crippen molar-refractivity contribution < 1.29 is 22.0 Å². The van der Waals surface area contributed by atoms with E-state index in [4.69, 9.17) is 0 Å². The van der Waals surface area contributed by atoms with E-state index in [2.05, 4.69) is 21.2 Å². The number of piperidine rings is 1. The predicted octanol–water partition coefficient (Wildman–Crippen LogP) is 3.77. The fraction of sp³-hybridized carbons (Fsp3) is 0.278. The number of carbonyl (C=O) groups excluding carboxylic acids is 1. The Morgan fingerprint density at radius 2 is 1.85 bits per heavy atom. The Morgan fingerprint density at radius 1 is 1.15 bits per heavy atom. The van der Waals surface area contributed by atoms with Gasteiger partial charge in [-0.25, -0.2) is 17.2 Å². The molecule has 1 aliphatic heterocycles. The normalized spacial score (nSPS) is 18.3. The van der Waals surface area contributed by atoms with Crippen molar-refractivity contribution in [2.75, 3.05) is 18.4 Å². The number of amides is 1. The zero-order valence-electron chi connectivity index (χ0n) is 14.2. The zero-order chi connectivity index (χ0) is 19.6. The van der Waals surface area contributed by atoms with E-state index in [-0.39, 0.29) is 17.1 Å². The van der Waals surface area contributed by atoms with E-state index in [1.165, 1.54) is 16.4 Å². The molecule has 2 aromatic carbocycles. The molecule has 1 unspecified atom stereocenters. The van der Waals surface area contributed by atoms with Gasteiger partial charge in [0, 0.05) is 23.6 Å². The van der Waals surface area contributed by atoms with Crippen LogP contribution in [-0.4, -0.2) is 31.7 Å². The number of carbonyl (C=O) groups is 1. The average Bonchev–Trinajstić information content (AvgIpc) is 2.64. The van der Waals surface area contributed by atoms with E-state index in [1.807, 2.05) is 0 Å². The molecular formula is C18H17BrF2N2O3S. The Morgan fingerprint density at radius 3 is 2.52 bits per heavy atom. The van der Waals surface area contributed by atoms with Crippen molar-refractivity contribution in [3.8, 4) is 0 Å². The Balaban J connectivity index is 1.73. The van der Waals surface area contributed by atoms with Crippen molar-refractivity contribution in [1.29, 1.82) is 0 Å². The number of hydrogen-bond acceptors (Lipinski definition) is 3. The van der Waals surface area contributed by atoms with Crippen molar-refractivity contribution >= 4 is 37.5 Å². The van der Waals surface area contributed by atoms with E-state index in [0.29, 0.717) is 25.5 Å². The molecule has 1 fully saturated rings. The quantitative estimate of drug-likeness (QED) is 0.758. The third-order valence-electron chi connectivity index (χ3n) is 4.40. The van der Waals surface area contributed by atoms with Crippen LogP contribution in [0.2, 0.25) is 0 Å². The van der Waals surface area contributed by atoms with Gasteiger partial charge in [0.2, 0.25) is 15.9 Å². The molecule has 5 nitrogen and oxygen atoms in total. The fourth-order valence-electron chi connectivity index (χ4n) is 2.96. The number of halogens is 3. The van der Waals surface area contributed by atoms with Crippen LogP contribution in [0.5, 0.6) is 0 Å². The summed E-state index contributed by atoms with van der Waals surface area (Å²) in [6.45, 7) is 0.320. The molecule has 0 saturated carbocycles. The minimum atomic E-state index is -3.72. The molecule has 9 heteroatoms. The third kappa shape index (κ3) is 4.53. The first kappa shape index (κ1) is 19.9. The lowest BCUT2D eigenvalue weighted by molar-refractivity contribution is -0.120. The summed E-state index contributed by atoms with van der Waals surface area (Å²) in [6.07, 6.45) is 1.00. The first-order chi connectivity index (χ1) is 12.8. The van der Waals surface area contributed by atoms with Crippen LogP contribution >= 0.6 is 15.9 Å². The number of nitrogens with zero attached hydrogens (tertiary/aromatic N) is 1. The lowest BCUT2D eigenvalue weighted by atomic mass is 9.98. The Kier molecular flexibility index (Phi) is 5.92. The molecule has 1 saturated heterocycles. The molecular weight excluding hydrogens is 442 g/mol. The molecule has 144 valence electrons. The maximum atomic E-state index is 13.7. The van der Waals surface area contributed by atoms with Crippen molar-refractivity contribution in [1.82, 2.24) is 4.31 Å². The second-order valence-corrected chi connectivity index (χ2v) is 9.12. The van der Waals surface area contributed by atoms with Crippen LogP contribution in [-0.2, 0) is 14.8 Å². The van der Waals surface area contributed by atoms with Crippen molar-refractivity contribution in [2.45, 2.75) is 17.7 Å². The number of benzene rings is 2. The molecule has 1 aliphatic rings. The number of nitrogens with one attached hydrogen (secondary N) is 1. The van der Waals surface area contributed by atoms with Crippen LogP contribution in [0.3, 0.4) is 0 Å². The summed E-state index contributed by atoms with van der Waals surface area (Å²) in [6, 6.07) is 9.14. The number of rotatable bonds is 4. The SMILES string of the molecule is O=C(Nc1ccc(F)cc1F)C1CCCN(S(=O)(=O)c2ccc(Br)cc2)C1. The molecule has 0 aromatic heterocycles. The minimum absolute atomic E-state index is 0.00699. The van der Waals surface area contributed by atoms with Gasteiger partial charge in [-0.15, -0.1) is 0 Å². The highest BCUT2D eigenvalue weighted by molar-refractivity contribution is 9.10. The van der Waals surface area contributed by atoms with E-state index in [1.54, 1.807) is 12.1 Å². The summed E-state index contributed by atoms with van der Waals surface area (Å²) >= 11 is 3.26. The summed E-state index contributed by atoms with van der Waals surface area (Å²) in [7, 11) is -3.72. The molecule has 2 aromatic rings. The molecule has 1 heterocycles. The maximum absolute atomic E-state index is 13.7. The van der Waals surface area contributed by atoms with Crippen molar-refractivity contribution in [2.24, 2.45) is 5.92 Å². The Hall–Kier alpha value is -1.84. The highest BCUT2D eigenvalue weighted by atomic mass is 79.9. The van der Waals surface area contributed by atoms with Gasteiger partial charge in [-0.3, -0.25) is 4.79 Å². The molecule has 1 amide bonds. The van der Waals surface area contributed by atoms with Crippen LogP contribution < -0.4 is 5.32 Å². The van der Waals surface area contributed by atoms with Crippen LogP contribution in [0.25, 0.3) is 0 Å². The minimum Gasteiger partial charge on any atom is -0.323 e. The Bertz CT molecular complexity index is 952. The molecule has 1 N–H and O–H groups in total. The predicted molar refractivity (Wildman–Crippen MR) is 101 cm³/mol. The zero-order valence-corrected chi connectivity index (χ0v) is 16.6. The number of hydrogen-bond donors (Lipinski definition) is 1. The maximum Gasteiger partial charge on any atom is 0.243 e. The van der Waals surface area contributed by atoms with Crippen molar-refractivity contribution in [3.05, 3.63) is 58.6 Å². The average molecular weight is 459 g/mol. The number of sulfonamides is 1. The van der Waals surface area contributed by atoms with Gasteiger partial charge in [0.25, 0.3) is 0 Å². The summed E-state index contributed by atoms with van der Waals surface area (Å²) < 4.78 is 54.3. The first-order valence-electron chi connectivity index (χ1n) is 8.29. The molecule has 1 atom stereocenters. The summed E-state index contributed by atoms with van der Waals surface area (Å²) in [5, 5.41) is 2.42. The smallest absolute Gasteiger partial charge is 0.243 e. The molecule has 0 radical (unpaired) electrons.